The quantitative estimate of drug-likeness (QED) is 0.217. The molecule has 38 heavy (non-hydrogen) atoms. The van der Waals surface area contributed by atoms with E-state index in [1.807, 2.05) is 62.4 Å². The Morgan fingerprint density at radius 3 is 0.737 bits per heavy atom. The molecule has 4 rings (SSSR count). The number of para-hydroxylation sites is 3. The van der Waals surface area contributed by atoms with Crippen LogP contribution in [-0.2, 0) is 4.79 Å². The Hall–Kier alpha value is -4.38. The Morgan fingerprint density at radius 1 is 0.447 bits per heavy atom. The number of hydrogen-bond acceptors (Lipinski definition) is 5. The van der Waals surface area contributed by atoms with Gasteiger partial charge >= 0.3 is 0 Å². The Morgan fingerprint density at radius 2 is 0.632 bits per heavy atom. The third kappa shape index (κ3) is 29.7. The minimum atomic E-state index is 0. The Bertz CT molecular complexity index is 927. The summed E-state index contributed by atoms with van der Waals surface area (Å²) in [7, 11) is 0. The molecule has 0 fully saturated rings. The van der Waals surface area contributed by atoms with Gasteiger partial charge in [0.25, 0.3) is 0 Å². The maximum atomic E-state index is 10.6. The van der Waals surface area contributed by atoms with E-state index in [0.717, 1.165) is 5.56 Å². The van der Waals surface area contributed by atoms with Crippen molar-refractivity contribution in [2.24, 2.45) is 0 Å². The topological polar surface area (TPSA) is 94.8 Å². The number of ketones is 2. The lowest BCUT2D eigenvalue weighted by atomic mass is 10.2. The molecule has 0 unspecified atom stereocenters. The van der Waals surface area contributed by atoms with Crippen molar-refractivity contribution < 1.29 is 24.9 Å². The van der Waals surface area contributed by atoms with Gasteiger partial charge in [0.1, 0.15) is 23.0 Å². The zero-order valence-corrected chi connectivity index (χ0v) is 21.7. The zero-order valence-electron chi connectivity index (χ0n) is 21.7. The summed E-state index contributed by atoms with van der Waals surface area (Å²) in [5, 5.41) is 25.9. The first-order valence-electron chi connectivity index (χ1n) is 11.5. The van der Waals surface area contributed by atoms with Gasteiger partial charge in [0.15, 0.2) is 5.78 Å². The summed E-state index contributed by atoms with van der Waals surface area (Å²) in [4.78, 5) is 20.1. The molecule has 0 aliphatic rings. The molecule has 208 valence electrons. The number of carbonyl (C=O) groups excluding carboxylic acids is 2. The maximum Gasteiger partial charge on any atom is 0.159 e. The van der Waals surface area contributed by atoms with Gasteiger partial charge in [0.2, 0.25) is 0 Å². The van der Waals surface area contributed by atoms with Gasteiger partial charge < -0.3 is 20.1 Å². The van der Waals surface area contributed by atoms with Gasteiger partial charge in [0, 0.05) is 5.56 Å². The summed E-state index contributed by atoms with van der Waals surface area (Å²) in [5.41, 5.74) is 0.775. The fourth-order valence-electron chi connectivity index (χ4n) is 1.96. The van der Waals surface area contributed by atoms with Crippen LogP contribution in [0.3, 0.4) is 0 Å². The lowest BCUT2D eigenvalue weighted by Gasteiger charge is -1.89. The molecular weight excluding hydrogens is 476 g/mol. The summed E-state index contributed by atoms with van der Waals surface area (Å²) in [5.74, 6) is 1.25. The van der Waals surface area contributed by atoms with Gasteiger partial charge in [0.05, 0.1) is 0 Å². The van der Waals surface area contributed by atoms with Crippen LogP contribution in [-0.4, -0.2) is 26.9 Å². The van der Waals surface area contributed by atoms with Gasteiger partial charge in [-0.3, -0.25) is 4.79 Å². The minimum absolute atomic E-state index is 0. The van der Waals surface area contributed by atoms with Crippen molar-refractivity contribution in [2.45, 2.75) is 49.5 Å². The number of phenols is 3. The van der Waals surface area contributed by atoms with Crippen molar-refractivity contribution in [3.05, 3.63) is 127 Å². The average Bonchev–Trinajstić information content (AvgIpc) is 2.88. The third-order valence-corrected chi connectivity index (χ3v) is 3.45. The van der Waals surface area contributed by atoms with E-state index in [1.54, 1.807) is 79.7 Å². The van der Waals surface area contributed by atoms with Crippen LogP contribution in [0.25, 0.3) is 0 Å². The van der Waals surface area contributed by atoms with E-state index in [9.17, 15) is 9.59 Å². The molecule has 0 aromatic heterocycles. The van der Waals surface area contributed by atoms with Crippen LogP contribution in [0, 0.1) is 0 Å². The van der Waals surface area contributed by atoms with E-state index >= 15 is 0 Å². The second-order valence-corrected chi connectivity index (χ2v) is 6.84. The molecule has 4 aromatic carbocycles. The number of aromatic hydroxyl groups is 3. The van der Waals surface area contributed by atoms with Crippen LogP contribution in [0.2, 0.25) is 0 Å². The standard InChI is InChI=1S/C8H8O.3C6H6O.C3H6O.C2H6.2CH4/c1-7(9)8-5-3-2-4-6-8;3*7-6-4-2-1-3-5-6;1-3(2)4;1-2;;/h2-6H,1H3;3*1-5,7H;1-2H3;1-2H3;2*1H4. The lowest BCUT2D eigenvalue weighted by Crippen LogP contribution is -1.88. The van der Waals surface area contributed by atoms with E-state index in [4.69, 9.17) is 15.3 Å². The second kappa shape index (κ2) is 28.9. The van der Waals surface area contributed by atoms with Crippen LogP contribution >= 0.6 is 0 Å². The number of rotatable bonds is 1. The summed E-state index contributed by atoms with van der Waals surface area (Å²) < 4.78 is 0. The number of hydrogen-bond donors (Lipinski definition) is 3. The molecule has 0 atom stereocenters. The van der Waals surface area contributed by atoms with E-state index in [0.29, 0.717) is 17.2 Å². The van der Waals surface area contributed by atoms with Crippen molar-refractivity contribution >= 4 is 11.6 Å². The first-order valence-corrected chi connectivity index (χ1v) is 11.5. The maximum absolute atomic E-state index is 10.6. The number of phenolic OH excluding ortho intramolecular Hbond substituents is 3. The van der Waals surface area contributed by atoms with Gasteiger partial charge in [-0.25, -0.2) is 0 Å². The molecule has 0 amide bonds. The monoisotopic (exact) mass is 522 g/mol. The highest BCUT2D eigenvalue weighted by Crippen LogP contribution is 2.04. The molecule has 0 bridgehead atoms. The molecule has 0 aliphatic heterocycles. The van der Waals surface area contributed by atoms with E-state index in [2.05, 4.69) is 0 Å². The average molecular weight is 523 g/mol. The normalized spacial score (nSPS) is 7.71. The molecule has 0 radical (unpaired) electrons. The Kier molecular flexibility index (Phi) is 31.0. The number of carbonyl (C=O) groups is 2. The van der Waals surface area contributed by atoms with Crippen molar-refractivity contribution in [3.8, 4) is 17.2 Å². The van der Waals surface area contributed by atoms with Crippen LogP contribution in [0.4, 0.5) is 0 Å². The van der Waals surface area contributed by atoms with Crippen molar-refractivity contribution in [3.63, 3.8) is 0 Å². The molecule has 0 heterocycles. The first-order chi connectivity index (χ1) is 17.2. The van der Waals surface area contributed by atoms with E-state index < -0.39 is 0 Å². The smallest absolute Gasteiger partial charge is 0.159 e. The molecule has 0 saturated heterocycles. The SMILES string of the molecule is C.C.CC.CC(=O)c1ccccc1.CC(C)=O.Oc1ccccc1.Oc1ccccc1.Oc1ccccc1. The van der Waals surface area contributed by atoms with Gasteiger partial charge in [-0.1, -0.05) is 114 Å². The highest BCUT2D eigenvalue weighted by molar-refractivity contribution is 5.93. The first kappa shape index (κ1) is 40.8. The number of benzene rings is 4. The van der Waals surface area contributed by atoms with Gasteiger partial charge in [-0.05, 0) is 57.2 Å². The van der Waals surface area contributed by atoms with Crippen molar-refractivity contribution in [1.29, 1.82) is 0 Å². The highest BCUT2D eigenvalue weighted by atomic mass is 16.3. The molecule has 5 nitrogen and oxygen atoms in total. The van der Waals surface area contributed by atoms with E-state index in [1.165, 1.54) is 13.8 Å². The molecule has 0 spiro atoms. The molecule has 0 aliphatic carbocycles. The molecule has 4 aromatic rings. The van der Waals surface area contributed by atoms with Gasteiger partial charge in [-0.2, -0.15) is 0 Å². The molecular formula is C33H46O5. The second-order valence-electron chi connectivity index (χ2n) is 6.84. The molecule has 0 saturated carbocycles. The zero-order chi connectivity index (χ0) is 27.6. The Balaban J connectivity index is -0.000000188. The predicted molar refractivity (Wildman–Crippen MR) is 162 cm³/mol. The minimum Gasteiger partial charge on any atom is -0.508 e. The lowest BCUT2D eigenvalue weighted by molar-refractivity contribution is -0.115. The van der Waals surface area contributed by atoms with Crippen molar-refractivity contribution in [1.82, 2.24) is 0 Å². The van der Waals surface area contributed by atoms with Crippen LogP contribution in [0.15, 0.2) is 121 Å². The van der Waals surface area contributed by atoms with Crippen LogP contribution < -0.4 is 0 Å². The number of Topliss-reactive ketones (excluding diaryl/α,β-unsaturated/α-hetero) is 2. The summed E-state index contributed by atoms with van der Waals surface area (Å²) >= 11 is 0. The Labute approximate surface area is 230 Å². The molecule has 3 N–H and O–H groups in total. The van der Waals surface area contributed by atoms with Crippen molar-refractivity contribution in [2.75, 3.05) is 0 Å². The summed E-state index contributed by atoms with van der Waals surface area (Å²) in [6, 6.07) is 35.4. The van der Waals surface area contributed by atoms with Gasteiger partial charge in [-0.15, -0.1) is 0 Å². The van der Waals surface area contributed by atoms with Crippen LogP contribution in [0.5, 0.6) is 17.2 Å². The third-order valence-electron chi connectivity index (χ3n) is 3.45. The molecule has 5 heteroatoms. The summed E-state index contributed by atoms with van der Waals surface area (Å²) in [6.45, 7) is 8.62. The fraction of sp³-hybridized carbons (Fsp3) is 0.212. The fourth-order valence-corrected chi connectivity index (χ4v) is 1.96. The van der Waals surface area contributed by atoms with E-state index in [-0.39, 0.29) is 26.4 Å². The highest BCUT2D eigenvalue weighted by Gasteiger charge is 1.92. The van der Waals surface area contributed by atoms with Crippen LogP contribution in [0.1, 0.15) is 59.8 Å². The largest absolute Gasteiger partial charge is 0.508 e. The summed E-state index contributed by atoms with van der Waals surface area (Å²) in [6.07, 6.45) is 0. The predicted octanol–water partition coefficient (Wildman–Crippen LogP) is 8.96.